The molecule has 6 nitrogen and oxygen atoms in total. The minimum absolute atomic E-state index is 0.612. The van der Waals surface area contributed by atoms with Gasteiger partial charge in [0.15, 0.2) is 17.5 Å². The van der Waals surface area contributed by atoms with Crippen LogP contribution in [0, 0.1) is 0 Å². The van der Waals surface area contributed by atoms with Crippen LogP contribution in [0.5, 0.6) is 0 Å². The lowest BCUT2D eigenvalue weighted by atomic mass is 9.97. The number of fused-ring (bicyclic) bond motifs is 4. The molecule has 244 valence electrons. The van der Waals surface area contributed by atoms with Gasteiger partial charge in [0, 0.05) is 38.7 Å². The molecule has 0 amide bonds. The Hall–Kier alpha value is -7.18. The van der Waals surface area contributed by atoms with Crippen molar-refractivity contribution in [2.24, 2.45) is 0 Å². The van der Waals surface area contributed by atoms with Crippen LogP contribution in [-0.2, 0) is 0 Å². The first-order valence-electron chi connectivity index (χ1n) is 17.2. The summed E-state index contributed by atoms with van der Waals surface area (Å²) in [6.45, 7) is 0. The van der Waals surface area contributed by atoms with E-state index in [1.807, 2.05) is 84.9 Å². The van der Waals surface area contributed by atoms with Gasteiger partial charge in [-0.05, 0) is 65.7 Å². The largest absolute Gasteiger partial charge is 0.456 e. The Labute approximate surface area is 299 Å². The third-order valence-electron chi connectivity index (χ3n) is 9.46. The average Bonchev–Trinajstić information content (AvgIpc) is 3.80. The highest BCUT2D eigenvalue weighted by Gasteiger charge is 2.19. The Kier molecular flexibility index (Phi) is 7.03. The summed E-state index contributed by atoms with van der Waals surface area (Å²) in [6.07, 6.45) is 0. The molecule has 0 radical (unpaired) electrons. The molecular weight excluding hydrogens is 639 g/mol. The van der Waals surface area contributed by atoms with Gasteiger partial charge in [-0.25, -0.2) is 19.9 Å². The summed E-state index contributed by atoms with van der Waals surface area (Å²) in [4.78, 5) is 20.0. The van der Waals surface area contributed by atoms with E-state index in [1.165, 1.54) is 0 Å². The lowest BCUT2D eigenvalue weighted by Crippen LogP contribution is -2.00. The van der Waals surface area contributed by atoms with Crippen molar-refractivity contribution in [1.29, 1.82) is 0 Å². The van der Waals surface area contributed by atoms with E-state index in [0.29, 0.717) is 17.5 Å². The smallest absolute Gasteiger partial charge is 0.164 e. The number of imidazole rings is 1. The summed E-state index contributed by atoms with van der Waals surface area (Å²) in [5, 5.41) is 2.07. The highest BCUT2D eigenvalue weighted by Crippen LogP contribution is 2.40. The van der Waals surface area contributed by atoms with Crippen LogP contribution >= 0.6 is 0 Å². The molecule has 0 aliphatic rings. The normalized spacial score (nSPS) is 11.5. The van der Waals surface area contributed by atoms with Crippen molar-refractivity contribution in [3.05, 3.63) is 176 Å². The van der Waals surface area contributed by atoms with Crippen LogP contribution in [0.25, 0.3) is 95.3 Å². The predicted octanol–water partition coefficient (Wildman–Crippen LogP) is 11.4. The summed E-state index contributed by atoms with van der Waals surface area (Å²) < 4.78 is 8.69. The van der Waals surface area contributed by atoms with E-state index in [4.69, 9.17) is 24.4 Å². The van der Waals surface area contributed by atoms with Gasteiger partial charge in [0.05, 0.1) is 11.0 Å². The molecule has 0 unspecified atom stereocenters. The molecule has 10 aromatic rings. The summed E-state index contributed by atoms with van der Waals surface area (Å²) in [5.41, 5.74) is 10.6. The molecule has 0 aliphatic heterocycles. The number of nitrogens with zero attached hydrogens (tertiary/aromatic N) is 5. The second kappa shape index (κ2) is 12.3. The molecule has 10 rings (SSSR count). The van der Waals surface area contributed by atoms with E-state index in [2.05, 4.69) is 95.6 Å². The zero-order chi connectivity index (χ0) is 34.4. The lowest BCUT2D eigenvalue weighted by molar-refractivity contribution is 0.669. The summed E-state index contributed by atoms with van der Waals surface area (Å²) in [7, 11) is 0. The Balaban J connectivity index is 1.13. The molecule has 0 atom stereocenters. The van der Waals surface area contributed by atoms with Crippen molar-refractivity contribution >= 4 is 33.0 Å². The van der Waals surface area contributed by atoms with Gasteiger partial charge in [-0.15, -0.1) is 0 Å². The Morgan fingerprint density at radius 2 is 1.00 bits per heavy atom. The van der Waals surface area contributed by atoms with Crippen molar-refractivity contribution in [3.63, 3.8) is 0 Å². The van der Waals surface area contributed by atoms with Crippen molar-refractivity contribution in [2.45, 2.75) is 0 Å². The van der Waals surface area contributed by atoms with E-state index in [1.54, 1.807) is 0 Å². The van der Waals surface area contributed by atoms with E-state index >= 15 is 0 Å². The second-order valence-corrected chi connectivity index (χ2v) is 12.7. The number of para-hydroxylation sites is 3. The number of furan rings is 1. The van der Waals surface area contributed by atoms with Crippen LogP contribution in [0.3, 0.4) is 0 Å². The van der Waals surface area contributed by atoms with Crippen LogP contribution in [0.1, 0.15) is 0 Å². The summed E-state index contributed by atoms with van der Waals surface area (Å²) in [5.74, 6) is 2.75. The number of aromatic nitrogens is 5. The van der Waals surface area contributed by atoms with E-state index in [0.717, 1.165) is 77.9 Å². The van der Waals surface area contributed by atoms with Crippen LogP contribution in [-0.4, -0.2) is 24.5 Å². The minimum Gasteiger partial charge on any atom is -0.456 e. The molecule has 0 spiro atoms. The first-order chi connectivity index (χ1) is 25.8. The fourth-order valence-electron chi connectivity index (χ4n) is 7.03. The molecule has 7 aromatic carbocycles. The maximum absolute atomic E-state index is 6.46. The van der Waals surface area contributed by atoms with Gasteiger partial charge in [0.1, 0.15) is 17.0 Å². The second-order valence-electron chi connectivity index (χ2n) is 12.7. The van der Waals surface area contributed by atoms with Crippen LogP contribution < -0.4 is 0 Å². The summed E-state index contributed by atoms with van der Waals surface area (Å²) in [6, 6.07) is 59.8. The molecule has 6 heteroatoms. The minimum atomic E-state index is 0.612. The zero-order valence-electron chi connectivity index (χ0n) is 27.9. The topological polar surface area (TPSA) is 69.6 Å². The van der Waals surface area contributed by atoms with Crippen LogP contribution in [0.15, 0.2) is 180 Å². The molecule has 3 heterocycles. The van der Waals surface area contributed by atoms with Gasteiger partial charge in [0.25, 0.3) is 0 Å². The molecule has 52 heavy (non-hydrogen) atoms. The standard InChI is InChI=1S/C46H29N5O/c1-4-14-30(15-5-1)43-48-44(31-16-6-2-7-17-31)50-45(49-43)33-19-12-18-32(28-33)36-22-13-25-41-42(36)37-29-34(26-27-40(37)52-41)46-47-38-23-10-11-24-39(38)51(46)35-20-8-3-9-21-35/h1-29H. The van der Waals surface area contributed by atoms with Gasteiger partial charge >= 0.3 is 0 Å². The van der Waals surface area contributed by atoms with Crippen molar-refractivity contribution < 1.29 is 4.42 Å². The van der Waals surface area contributed by atoms with Gasteiger partial charge < -0.3 is 4.42 Å². The maximum Gasteiger partial charge on any atom is 0.164 e. The molecule has 0 fully saturated rings. The monoisotopic (exact) mass is 667 g/mol. The van der Waals surface area contributed by atoms with Crippen molar-refractivity contribution in [1.82, 2.24) is 24.5 Å². The van der Waals surface area contributed by atoms with Crippen molar-refractivity contribution in [2.75, 3.05) is 0 Å². The van der Waals surface area contributed by atoms with Gasteiger partial charge in [0.2, 0.25) is 0 Å². The molecule has 3 aromatic heterocycles. The number of benzene rings is 7. The van der Waals surface area contributed by atoms with Crippen LogP contribution in [0.4, 0.5) is 0 Å². The fraction of sp³-hybridized carbons (Fsp3) is 0. The van der Waals surface area contributed by atoms with Gasteiger partial charge in [-0.1, -0.05) is 121 Å². The Bertz CT molecular complexity index is 2840. The highest BCUT2D eigenvalue weighted by molar-refractivity contribution is 6.13. The highest BCUT2D eigenvalue weighted by atomic mass is 16.3. The van der Waals surface area contributed by atoms with Crippen molar-refractivity contribution in [3.8, 4) is 62.4 Å². The summed E-state index contributed by atoms with van der Waals surface area (Å²) >= 11 is 0. The average molecular weight is 668 g/mol. The maximum atomic E-state index is 6.46. The zero-order valence-corrected chi connectivity index (χ0v) is 27.9. The molecule has 0 N–H and O–H groups in total. The quantitative estimate of drug-likeness (QED) is 0.176. The first kappa shape index (κ1) is 29.7. The van der Waals surface area contributed by atoms with Gasteiger partial charge in [-0.2, -0.15) is 0 Å². The van der Waals surface area contributed by atoms with E-state index in [9.17, 15) is 0 Å². The molecular formula is C46H29N5O. The molecule has 0 bridgehead atoms. The first-order valence-corrected chi connectivity index (χ1v) is 17.2. The number of hydrogen-bond donors (Lipinski definition) is 0. The Morgan fingerprint density at radius 3 is 1.73 bits per heavy atom. The third kappa shape index (κ3) is 5.13. The van der Waals surface area contributed by atoms with E-state index in [-0.39, 0.29) is 0 Å². The molecule has 0 saturated carbocycles. The Morgan fingerprint density at radius 1 is 0.404 bits per heavy atom. The number of rotatable bonds is 6. The predicted molar refractivity (Wildman–Crippen MR) is 209 cm³/mol. The van der Waals surface area contributed by atoms with E-state index < -0.39 is 0 Å². The van der Waals surface area contributed by atoms with Gasteiger partial charge in [-0.3, -0.25) is 4.57 Å². The van der Waals surface area contributed by atoms with Crippen LogP contribution in [0.2, 0.25) is 0 Å². The molecule has 0 aliphatic carbocycles. The fourth-order valence-corrected chi connectivity index (χ4v) is 7.03. The third-order valence-corrected chi connectivity index (χ3v) is 9.46. The SMILES string of the molecule is c1ccc(-c2nc(-c3ccccc3)nc(-c3cccc(-c4cccc5oc6ccc(-c7nc8ccccc8n7-c7ccccc7)cc6c45)c3)n2)cc1. The molecule has 0 saturated heterocycles. The lowest BCUT2D eigenvalue weighted by Gasteiger charge is -2.11. The number of hydrogen-bond acceptors (Lipinski definition) is 5.